The van der Waals surface area contributed by atoms with E-state index < -0.39 is 0 Å². The van der Waals surface area contributed by atoms with Crippen LogP contribution in [0.15, 0.2) is 23.1 Å². The van der Waals surface area contributed by atoms with Gasteiger partial charge in [0.15, 0.2) is 5.65 Å². The standard InChI is InChI=1S/C13H15N3O2S/c17-13-10-2-1-5-14-12(10)15-11(16-13)8-19-9-3-6-18-7-4-9/h1-2,5,9H,3-4,6-8H2,(H,14,15,16,17). The van der Waals surface area contributed by atoms with Gasteiger partial charge >= 0.3 is 0 Å². The smallest absolute Gasteiger partial charge is 0.260 e. The predicted molar refractivity (Wildman–Crippen MR) is 75.3 cm³/mol. The van der Waals surface area contributed by atoms with Crippen LogP contribution in [0.3, 0.4) is 0 Å². The Kier molecular flexibility index (Phi) is 3.79. The molecule has 1 N–H and O–H groups in total. The van der Waals surface area contributed by atoms with Crippen LogP contribution < -0.4 is 5.56 Å². The summed E-state index contributed by atoms with van der Waals surface area (Å²) in [5.74, 6) is 1.42. The molecule has 3 heterocycles. The molecule has 3 rings (SSSR count). The lowest BCUT2D eigenvalue weighted by atomic mass is 10.2. The Morgan fingerprint density at radius 3 is 3.11 bits per heavy atom. The highest BCUT2D eigenvalue weighted by Crippen LogP contribution is 2.24. The molecule has 5 nitrogen and oxygen atoms in total. The molecule has 1 aliphatic heterocycles. The number of aromatic amines is 1. The molecule has 2 aromatic heterocycles. The van der Waals surface area contributed by atoms with Crippen molar-refractivity contribution in [1.82, 2.24) is 15.0 Å². The number of hydrogen-bond donors (Lipinski definition) is 1. The maximum absolute atomic E-state index is 11.9. The molecule has 0 amide bonds. The zero-order chi connectivity index (χ0) is 13.1. The Balaban J connectivity index is 1.75. The monoisotopic (exact) mass is 277 g/mol. The van der Waals surface area contributed by atoms with E-state index >= 15 is 0 Å². The highest BCUT2D eigenvalue weighted by atomic mass is 32.2. The first-order chi connectivity index (χ1) is 9.33. The van der Waals surface area contributed by atoms with E-state index in [0.717, 1.165) is 26.1 Å². The molecule has 19 heavy (non-hydrogen) atoms. The molecule has 1 saturated heterocycles. The van der Waals surface area contributed by atoms with E-state index in [4.69, 9.17) is 4.74 Å². The lowest BCUT2D eigenvalue weighted by Gasteiger charge is -2.21. The Bertz CT molecular complexity index is 623. The third-order valence-corrected chi connectivity index (χ3v) is 4.54. The minimum Gasteiger partial charge on any atom is -0.381 e. The molecule has 100 valence electrons. The number of rotatable bonds is 3. The van der Waals surface area contributed by atoms with E-state index in [1.807, 2.05) is 11.8 Å². The Morgan fingerprint density at radius 1 is 1.42 bits per heavy atom. The first kappa shape index (κ1) is 12.6. The van der Waals surface area contributed by atoms with Gasteiger partial charge in [-0.2, -0.15) is 11.8 Å². The van der Waals surface area contributed by atoms with Crippen molar-refractivity contribution in [2.75, 3.05) is 13.2 Å². The van der Waals surface area contributed by atoms with Crippen LogP contribution in [0, 0.1) is 0 Å². The van der Waals surface area contributed by atoms with Crippen molar-refractivity contribution in [3.63, 3.8) is 0 Å². The third-order valence-electron chi connectivity index (χ3n) is 3.15. The van der Waals surface area contributed by atoms with E-state index in [0.29, 0.717) is 27.9 Å². The molecule has 1 fully saturated rings. The fraction of sp³-hybridized carbons (Fsp3) is 0.462. The minimum atomic E-state index is -0.110. The fourth-order valence-electron chi connectivity index (χ4n) is 2.13. The van der Waals surface area contributed by atoms with E-state index in [9.17, 15) is 4.79 Å². The average molecular weight is 277 g/mol. The molecule has 0 saturated carbocycles. The van der Waals surface area contributed by atoms with E-state index in [2.05, 4.69) is 15.0 Å². The lowest BCUT2D eigenvalue weighted by Crippen LogP contribution is -2.18. The summed E-state index contributed by atoms with van der Waals surface area (Å²) in [4.78, 5) is 23.3. The largest absolute Gasteiger partial charge is 0.381 e. The molecule has 1 aliphatic rings. The van der Waals surface area contributed by atoms with Crippen molar-refractivity contribution in [3.8, 4) is 0 Å². The summed E-state index contributed by atoms with van der Waals surface area (Å²) in [7, 11) is 0. The van der Waals surface area contributed by atoms with E-state index in [-0.39, 0.29) is 5.56 Å². The molecule has 0 aliphatic carbocycles. The van der Waals surface area contributed by atoms with Crippen molar-refractivity contribution in [1.29, 1.82) is 0 Å². The Hall–Kier alpha value is -1.40. The number of H-pyrrole nitrogens is 1. The van der Waals surface area contributed by atoms with Crippen LogP contribution in [-0.2, 0) is 10.5 Å². The van der Waals surface area contributed by atoms with Gasteiger partial charge in [-0.25, -0.2) is 9.97 Å². The van der Waals surface area contributed by atoms with Gasteiger partial charge in [-0.15, -0.1) is 0 Å². The zero-order valence-electron chi connectivity index (χ0n) is 10.5. The van der Waals surface area contributed by atoms with E-state index in [1.54, 1.807) is 18.3 Å². The van der Waals surface area contributed by atoms with Crippen molar-refractivity contribution < 1.29 is 4.74 Å². The van der Waals surface area contributed by atoms with Gasteiger partial charge in [-0.05, 0) is 25.0 Å². The number of thioether (sulfide) groups is 1. The lowest BCUT2D eigenvalue weighted by molar-refractivity contribution is 0.1000. The third kappa shape index (κ3) is 2.96. The summed E-state index contributed by atoms with van der Waals surface area (Å²) in [6.07, 6.45) is 3.80. The molecule has 0 bridgehead atoms. The summed E-state index contributed by atoms with van der Waals surface area (Å²) < 4.78 is 5.33. The number of ether oxygens (including phenoxy) is 1. The topological polar surface area (TPSA) is 67.9 Å². The quantitative estimate of drug-likeness (QED) is 0.925. The van der Waals surface area contributed by atoms with Gasteiger partial charge in [0.05, 0.1) is 11.1 Å². The molecule has 0 spiro atoms. The molecule has 2 aromatic rings. The van der Waals surface area contributed by atoms with Gasteiger partial charge in [0.25, 0.3) is 5.56 Å². The number of pyridine rings is 1. The van der Waals surface area contributed by atoms with Crippen LogP contribution in [0.4, 0.5) is 0 Å². The molecular weight excluding hydrogens is 262 g/mol. The molecule has 0 aromatic carbocycles. The molecule has 0 unspecified atom stereocenters. The summed E-state index contributed by atoms with van der Waals surface area (Å²) >= 11 is 1.83. The van der Waals surface area contributed by atoms with Crippen LogP contribution >= 0.6 is 11.8 Å². The van der Waals surface area contributed by atoms with Crippen molar-refractivity contribution in [3.05, 3.63) is 34.5 Å². The van der Waals surface area contributed by atoms with Gasteiger partial charge in [0, 0.05) is 24.7 Å². The van der Waals surface area contributed by atoms with Gasteiger partial charge in [-0.1, -0.05) is 0 Å². The van der Waals surface area contributed by atoms with E-state index in [1.165, 1.54) is 0 Å². The van der Waals surface area contributed by atoms with Gasteiger partial charge in [0.1, 0.15) is 5.82 Å². The molecule has 6 heteroatoms. The van der Waals surface area contributed by atoms with Crippen molar-refractivity contribution >= 4 is 22.8 Å². The maximum atomic E-state index is 11.9. The highest BCUT2D eigenvalue weighted by Gasteiger charge is 2.15. The summed E-state index contributed by atoms with van der Waals surface area (Å²) in [5.41, 5.74) is 0.412. The average Bonchev–Trinajstić information content (AvgIpc) is 2.46. The first-order valence-electron chi connectivity index (χ1n) is 6.36. The van der Waals surface area contributed by atoms with Crippen LogP contribution in [0.2, 0.25) is 0 Å². The van der Waals surface area contributed by atoms with Gasteiger partial charge in [-0.3, -0.25) is 4.79 Å². The SMILES string of the molecule is O=c1[nH]c(CSC2CCOCC2)nc2ncccc12. The predicted octanol–water partition coefficient (Wildman–Crippen LogP) is 1.73. The highest BCUT2D eigenvalue weighted by molar-refractivity contribution is 7.99. The fourth-order valence-corrected chi connectivity index (χ4v) is 3.18. The van der Waals surface area contributed by atoms with Crippen molar-refractivity contribution in [2.45, 2.75) is 23.8 Å². The molecule has 0 radical (unpaired) electrons. The number of fused-ring (bicyclic) bond motifs is 1. The Labute approximate surface area is 114 Å². The summed E-state index contributed by atoms with van der Waals surface area (Å²) in [6, 6.07) is 3.49. The van der Waals surface area contributed by atoms with Crippen LogP contribution in [0.1, 0.15) is 18.7 Å². The zero-order valence-corrected chi connectivity index (χ0v) is 11.3. The normalized spacial score (nSPS) is 16.8. The maximum Gasteiger partial charge on any atom is 0.260 e. The van der Waals surface area contributed by atoms with Crippen LogP contribution in [0.25, 0.3) is 11.0 Å². The summed E-state index contributed by atoms with van der Waals surface area (Å²) in [5, 5.41) is 1.14. The number of nitrogens with one attached hydrogen (secondary N) is 1. The van der Waals surface area contributed by atoms with Crippen molar-refractivity contribution in [2.24, 2.45) is 0 Å². The second-order valence-electron chi connectivity index (χ2n) is 4.51. The van der Waals surface area contributed by atoms with Gasteiger partial charge < -0.3 is 9.72 Å². The second-order valence-corrected chi connectivity index (χ2v) is 5.80. The molecule has 0 atom stereocenters. The summed E-state index contributed by atoms with van der Waals surface area (Å²) in [6.45, 7) is 1.67. The minimum absolute atomic E-state index is 0.110. The van der Waals surface area contributed by atoms with Gasteiger partial charge in [0.2, 0.25) is 0 Å². The second kappa shape index (κ2) is 5.71. The number of hydrogen-bond acceptors (Lipinski definition) is 5. The number of aromatic nitrogens is 3. The molecular formula is C13H15N3O2S. The number of nitrogens with zero attached hydrogens (tertiary/aromatic N) is 2. The van der Waals surface area contributed by atoms with Crippen LogP contribution in [0.5, 0.6) is 0 Å². The first-order valence-corrected chi connectivity index (χ1v) is 7.41. The van der Waals surface area contributed by atoms with Crippen LogP contribution in [-0.4, -0.2) is 33.4 Å². The Morgan fingerprint density at radius 2 is 2.26 bits per heavy atom.